The smallest absolute Gasteiger partial charge is 0.337 e. The standard InChI is InChI=1S/C23H19FN4O5S/c1-13-18-20(29)27(16-9-7-15(24)8-10-16)23(31)26(22(18)34-19(13)21(30)25(2)3)12-14-5-4-6-17(11-14)28(32)33/h4-11H,12H2,1-3H3. The lowest BCUT2D eigenvalue weighted by Crippen LogP contribution is -2.38. The number of non-ortho nitro benzene ring substituents is 1. The Morgan fingerprint density at radius 2 is 1.82 bits per heavy atom. The molecule has 0 N–H and O–H groups in total. The number of halogens is 1. The Balaban J connectivity index is 2.05. The Morgan fingerprint density at radius 1 is 1.15 bits per heavy atom. The Labute approximate surface area is 196 Å². The quantitative estimate of drug-likeness (QED) is 0.320. The molecule has 2 heterocycles. The van der Waals surface area contributed by atoms with Crippen molar-refractivity contribution in [2.24, 2.45) is 0 Å². The van der Waals surface area contributed by atoms with Crippen LogP contribution in [0.5, 0.6) is 0 Å². The summed E-state index contributed by atoms with van der Waals surface area (Å²) in [5, 5.41) is 11.4. The number of hydrogen-bond acceptors (Lipinski definition) is 6. The van der Waals surface area contributed by atoms with E-state index in [1.54, 1.807) is 27.1 Å². The van der Waals surface area contributed by atoms with Gasteiger partial charge in [-0.3, -0.25) is 24.3 Å². The summed E-state index contributed by atoms with van der Waals surface area (Å²) in [4.78, 5) is 52.4. The van der Waals surface area contributed by atoms with Gasteiger partial charge in [0, 0.05) is 26.2 Å². The van der Waals surface area contributed by atoms with Crippen LogP contribution >= 0.6 is 11.3 Å². The zero-order valence-corrected chi connectivity index (χ0v) is 19.3. The number of aromatic nitrogens is 2. The maximum absolute atomic E-state index is 13.5. The van der Waals surface area contributed by atoms with Crippen LogP contribution in [-0.4, -0.2) is 39.0 Å². The summed E-state index contributed by atoms with van der Waals surface area (Å²) in [5.41, 5.74) is -0.424. The van der Waals surface area contributed by atoms with Crippen LogP contribution in [0.15, 0.2) is 58.1 Å². The van der Waals surface area contributed by atoms with Crippen LogP contribution < -0.4 is 11.2 Å². The molecule has 174 valence electrons. The number of nitro groups is 1. The molecule has 2 aromatic carbocycles. The molecule has 0 spiro atoms. The second-order valence-corrected chi connectivity index (χ2v) is 8.85. The molecule has 0 aliphatic heterocycles. The number of benzene rings is 2. The topological polar surface area (TPSA) is 107 Å². The lowest BCUT2D eigenvalue weighted by Gasteiger charge is -2.12. The Hall–Kier alpha value is -4.12. The molecule has 0 saturated carbocycles. The van der Waals surface area contributed by atoms with Crippen molar-refractivity contribution in [1.29, 1.82) is 0 Å². The van der Waals surface area contributed by atoms with Gasteiger partial charge in [-0.1, -0.05) is 12.1 Å². The average molecular weight is 482 g/mol. The summed E-state index contributed by atoms with van der Waals surface area (Å²) in [6, 6.07) is 10.7. The van der Waals surface area contributed by atoms with E-state index < -0.39 is 22.0 Å². The van der Waals surface area contributed by atoms with Crippen LogP contribution in [-0.2, 0) is 6.54 Å². The fourth-order valence-corrected chi connectivity index (χ4v) is 4.98. The van der Waals surface area contributed by atoms with Crippen molar-refractivity contribution in [2.75, 3.05) is 14.1 Å². The number of carbonyl (C=O) groups excluding carboxylic acids is 1. The number of rotatable bonds is 5. The van der Waals surface area contributed by atoms with Gasteiger partial charge in [-0.15, -0.1) is 11.3 Å². The van der Waals surface area contributed by atoms with E-state index in [0.29, 0.717) is 16.0 Å². The van der Waals surface area contributed by atoms with Crippen molar-refractivity contribution >= 4 is 33.1 Å². The number of fused-ring (bicyclic) bond motifs is 1. The molecule has 0 aliphatic carbocycles. The molecule has 4 rings (SSSR count). The van der Waals surface area contributed by atoms with Crippen LogP contribution in [0.3, 0.4) is 0 Å². The number of thiophene rings is 1. The molecule has 11 heteroatoms. The highest BCUT2D eigenvalue weighted by Gasteiger charge is 2.24. The normalized spacial score (nSPS) is 11.1. The van der Waals surface area contributed by atoms with E-state index in [2.05, 4.69) is 0 Å². The molecule has 0 aliphatic rings. The first-order valence-corrected chi connectivity index (χ1v) is 10.9. The summed E-state index contributed by atoms with van der Waals surface area (Å²) in [5.74, 6) is -0.846. The first-order chi connectivity index (χ1) is 16.1. The van der Waals surface area contributed by atoms with Crippen LogP contribution in [0.1, 0.15) is 20.8 Å². The molecule has 0 unspecified atom stereocenters. The molecular formula is C23H19FN4O5S. The second-order valence-electron chi connectivity index (χ2n) is 7.85. The minimum atomic E-state index is -0.708. The van der Waals surface area contributed by atoms with Crippen molar-refractivity contribution in [1.82, 2.24) is 14.0 Å². The highest BCUT2D eigenvalue weighted by atomic mass is 32.1. The van der Waals surface area contributed by atoms with Crippen molar-refractivity contribution in [3.63, 3.8) is 0 Å². The monoisotopic (exact) mass is 482 g/mol. The molecule has 9 nitrogen and oxygen atoms in total. The first kappa shape index (κ1) is 23.1. The predicted octanol–water partition coefficient (Wildman–Crippen LogP) is 3.32. The van der Waals surface area contributed by atoms with E-state index in [9.17, 15) is 28.9 Å². The highest BCUT2D eigenvalue weighted by Crippen LogP contribution is 2.29. The van der Waals surface area contributed by atoms with Crippen molar-refractivity contribution in [2.45, 2.75) is 13.5 Å². The summed E-state index contributed by atoms with van der Waals surface area (Å²) in [6.07, 6.45) is 0. The number of amides is 1. The SMILES string of the molecule is Cc1c(C(=O)N(C)C)sc2c1c(=O)n(-c1ccc(F)cc1)c(=O)n2Cc1cccc([N+](=O)[O-])c1. The van der Waals surface area contributed by atoms with Gasteiger partial charge in [0.2, 0.25) is 0 Å². The van der Waals surface area contributed by atoms with E-state index in [1.165, 1.54) is 39.8 Å². The van der Waals surface area contributed by atoms with E-state index in [1.807, 2.05) is 0 Å². The van der Waals surface area contributed by atoms with Crippen molar-refractivity contribution in [3.8, 4) is 5.69 Å². The summed E-state index contributed by atoms with van der Waals surface area (Å²) >= 11 is 1.02. The number of hydrogen-bond donors (Lipinski definition) is 0. The van der Waals surface area contributed by atoms with Crippen LogP contribution in [0.2, 0.25) is 0 Å². The molecular weight excluding hydrogens is 463 g/mol. The largest absolute Gasteiger partial charge is 0.344 e. The third-order valence-corrected chi connectivity index (χ3v) is 6.66. The van der Waals surface area contributed by atoms with Crippen LogP contribution in [0.25, 0.3) is 15.9 Å². The van der Waals surface area contributed by atoms with Gasteiger partial charge in [0.25, 0.3) is 17.2 Å². The lowest BCUT2D eigenvalue weighted by atomic mass is 10.1. The fourth-order valence-electron chi connectivity index (χ4n) is 3.66. The zero-order chi connectivity index (χ0) is 24.7. The molecule has 1 amide bonds. The van der Waals surface area contributed by atoms with Gasteiger partial charge >= 0.3 is 5.69 Å². The summed E-state index contributed by atoms with van der Waals surface area (Å²) in [6.45, 7) is 1.56. The molecule has 0 atom stereocenters. The third kappa shape index (κ3) is 3.90. The van der Waals surface area contributed by atoms with E-state index >= 15 is 0 Å². The lowest BCUT2D eigenvalue weighted by molar-refractivity contribution is -0.384. The zero-order valence-electron chi connectivity index (χ0n) is 18.4. The molecule has 34 heavy (non-hydrogen) atoms. The maximum atomic E-state index is 13.5. The van der Waals surface area contributed by atoms with Gasteiger partial charge in [-0.25, -0.2) is 13.8 Å². The number of carbonyl (C=O) groups is 1. The molecule has 2 aromatic heterocycles. The van der Waals surface area contributed by atoms with Gasteiger partial charge < -0.3 is 4.90 Å². The molecule has 0 saturated heterocycles. The first-order valence-electron chi connectivity index (χ1n) is 10.1. The van der Waals surface area contributed by atoms with Gasteiger partial charge in [0.15, 0.2) is 0 Å². The Morgan fingerprint density at radius 3 is 2.44 bits per heavy atom. The minimum Gasteiger partial charge on any atom is -0.344 e. The highest BCUT2D eigenvalue weighted by molar-refractivity contribution is 7.20. The number of aryl methyl sites for hydroxylation is 1. The van der Waals surface area contributed by atoms with E-state index in [4.69, 9.17) is 0 Å². The van der Waals surface area contributed by atoms with Gasteiger partial charge in [0.1, 0.15) is 10.6 Å². The third-order valence-electron chi connectivity index (χ3n) is 5.36. The van der Waals surface area contributed by atoms with Gasteiger partial charge in [0.05, 0.1) is 27.4 Å². The molecule has 0 fully saturated rings. The molecule has 0 bridgehead atoms. The Kier molecular flexibility index (Phi) is 5.88. The Bertz CT molecular complexity index is 1570. The van der Waals surface area contributed by atoms with Gasteiger partial charge in [-0.2, -0.15) is 0 Å². The van der Waals surface area contributed by atoms with E-state index in [0.717, 1.165) is 28.0 Å². The van der Waals surface area contributed by atoms with Crippen LogP contribution in [0.4, 0.5) is 10.1 Å². The summed E-state index contributed by atoms with van der Waals surface area (Å²) < 4.78 is 15.7. The number of nitro benzene ring substituents is 1. The molecule has 4 aromatic rings. The van der Waals surface area contributed by atoms with Gasteiger partial charge in [-0.05, 0) is 42.3 Å². The predicted molar refractivity (Wildman–Crippen MR) is 127 cm³/mol. The number of nitrogens with zero attached hydrogens (tertiary/aromatic N) is 4. The fraction of sp³-hybridized carbons (Fsp3) is 0.174. The summed E-state index contributed by atoms with van der Waals surface area (Å²) in [7, 11) is 3.16. The van der Waals surface area contributed by atoms with Crippen molar-refractivity contribution < 1.29 is 14.1 Å². The average Bonchev–Trinajstić information content (AvgIpc) is 3.14. The second kappa shape index (κ2) is 8.67. The minimum absolute atomic E-state index is 0.0754. The van der Waals surface area contributed by atoms with E-state index in [-0.39, 0.29) is 34.0 Å². The van der Waals surface area contributed by atoms with Crippen LogP contribution in [0, 0.1) is 22.9 Å². The molecule has 0 radical (unpaired) electrons. The van der Waals surface area contributed by atoms with Crippen molar-refractivity contribution in [3.05, 3.63) is 101 Å². The maximum Gasteiger partial charge on any atom is 0.337 e.